The van der Waals surface area contributed by atoms with Crippen LogP contribution in [0.15, 0.2) is 83.6 Å². The van der Waals surface area contributed by atoms with Gasteiger partial charge >= 0.3 is 0 Å². The van der Waals surface area contributed by atoms with E-state index in [0.717, 1.165) is 5.56 Å². The molecule has 1 aliphatic carbocycles. The Morgan fingerprint density at radius 1 is 0.818 bits per heavy atom. The van der Waals surface area contributed by atoms with Gasteiger partial charge in [-0.15, -0.1) is 0 Å². The van der Waals surface area contributed by atoms with Gasteiger partial charge in [0.1, 0.15) is 0 Å². The lowest BCUT2D eigenvalue weighted by atomic mass is 9.87. The number of rotatable bonds is 4. The highest BCUT2D eigenvalue weighted by molar-refractivity contribution is 7.89. The summed E-state index contributed by atoms with van der Waals surface area (Å²) in [7, 11) is -4.16. The molecule has 1 aliphatic rings. The first kappa shape index (κ1) is 22.9. The second-order valence-corrected chi connectivity index (χ2v) is 10.8. The number of hydrogen-bond acceptors (Lipinski definition) is 4. The minimum atomic E-state index is -4.16. The molecule has 0 amide bonds. The number of carbonyl (C=O) groups is 2. The lowest BCUT2D eigenvalue weighted by Gasteiger charge is -2.20. The third-order valence-electron chi connectivity index (χ3n) is 5.41. The van der Waals surface area contributed by atoms with Gasteiger partial charge in [-0.3, -0.25) is 14.3 Å². The Morgan fingerprint density at radius 2 is 1.36 bits per heavy atom. The quantitative estimate of drug-likeness (QED) is 0.567. The van der Waals surface area contributed by atoms with Gasteiger partial charge in [-0.25, -0.2) is 8.42 Å². The number of fused-ring (bicyclic) bond motifs is 1. The number of halogens is 1. The fraction of sp³-hybridized carbons (Fsp3) is 0.160. The summed E-state index contributed by atoms with van der Waals surface area (Å²) in [6.45, 7) is 6.18. The molecule has 0 aliphatic heterocycles. The van der Waals surface area contributed by atoms with Gasteiger partial charge in [-0.05, 0) is 35.2 Å². The van der Waals surface area contributed by atoms with E-state index in [1.807, 2.05) is 12.1 Å². The second kappa shape index (κ2) is 8.24. The number of allylic oxidation sites excluding steroid dienone is 2. The van der Waals surface area contributed by atoms with Crippen molar-refractivity contribution in [1.82, 2.24) is 4.72 Å². The Labute approximate surface area is 197 Å². The van der Waals surface area contributed by atoms with Crippen LogP contribution < -0.4 is 9.29 Å². The molecular formula is C25H22ClN2O4S+. The van der Waals surface area contributed by atoms with Gasteiger partial charge in [-0.2, -0.15) is 4.57 Å². The molecule has 168 valence electrons. The third-order valence-corrected chi connectivity index (χ3v) is 7.03. The highest BCUT2D eigenvalue weighted by atomic mass is 35.5. The van der Waals surface area contributed by atoms with E-state index in [4.69, 9.17) is 11.6 Å². The van der Waals surface area contributed by atoms with E-state index in [9.17, 15) is 18.0 Å². The number of pyridine rings is 1. The number of sulfonamides is 1. The molecule has 0 fully saturated rings. The van der Waals surface area contributed by atoms with Gasteiger partial charge < -0.3 is 0 Å². The van der Waals surface area contributed by atoms with Crippen molar-refractivity contribution in [2.75, 3.05) is 0 Å². The molecule has 0 saturated carbocycles. The maximum Gasteiger partial charge on any atom is 0.287 e. The van der Waals surface area contributed by atoms with Crippen LogP contribution in [0.3, 0.4) is 0 Å². The lowest BCUT2D eigenvalue weighted by Crippen LogP contribution is -2.44. The standard InChI is InChI=1S/C25H21ClN2O4S/c1-25(2,3)16-12-14-28(15-13-16)22-21(23(29)19-6-4-5-7-20(19)24(22)30)27-33(31,32)18-10-8-17(26)9-11-18/h4-15H,1-3H3/p+1. The monoisotopic (exact) mass is 481 g/mol. The zero-order valence-corrected chi connectivity index (χ0v) is 19.9. The van der Waals surface area contributed by atoms with Crippen molar-refractivity contribution in [3.05, 3.63) is 100 Å². The number of ketones is 2. The van der Waals surface area contributed by atoms with Crippen molar-refractivity contribution in [3.63, 3.8) is 0 Å². The lowest BCUT2D eigenvalue weighted by molar-refractivity contribution is -0.577. The van der Waals surface area contributed by atoms with E-state index in [-0.39, 0.29) is 32.8 Å². The predicted molar refractivity (Wildman–Crippen MR) is 125 cm³/mol. The molecule has 8 heteroatoms. The first-order valence-corrected chi connectivity index (χ1v) is 12.1. The van der Waals surface area contributed by atoms with Crippen LogP contribution in [0.4, 0.5) is 0 Å². The Hall–Kier alpha value is -3.29. The normalized spacial score (nSPS) is 14.3. The highest BCUT2D eigenvalue weighted by Gasteiger charge is 2.40. The van der Waals surface area contributed by atoms with E-state index >= 15 is 0 Å². The van der Waals surface area contributed by atoms with Gasteiger partial charge in [0.05, 0.1) is 4.90 Å². The zero-order valence-electron chi connectivity index (χ0n) is 18.3. The van der Waals surface area contributed by atoms with E-state index < -0.39 is 21.6 Å². The van der Waals surface area contributed by atoms with Crippen LogP contribution in [0, 0.1) is 0 Å². The van der Waals surface area contributed by atoms with Crippen LogP contribution in [0.2, 0.25) is 5.02 Å². The molecule has 1 aromatic heterocycles. The first-order valence-electron chi connectivity index (χ1n) is 10.2. The van der Waals surface area contributed by atoms with Crippen LogP contribution in [-0.2, 0) is 15.4 Å². The van der Waals surface area contributed by atoms with E-state index in [0.29, 0.717) is 5.02 Å². The fourth-order valence-electron chi connectivity index (χ4n) is 3.59. The minimum absolute atomic E-state index is 0.0586. The summed E-state index contributed by atoms with van der Waals surface area (Å²) in [5.74, 6) is -1.03. The predicted octanol–water partition coefficient (Wildman–Crippen LogP) is 4.15. The third kappa shape index (κ3) is 4.34. The highest BCUT2D eigenvalue weighted by Crippen LogP contribution is 2.27. The molecule has 0 spiro atoms. The van der Waals surface area contributed by atoms with Crippen molar-refractivity contribution >= 4 is 38.9 Å². The summed E-state index contributed by atoms with van der Waals surface area (Å²) < 4.78 is 30.0. The number of benzene rings is 2. The van der Waals surface area contributed by atoms with Crippen LogP contribution in [0.5, 0.6) is 0 Å². The Balaban J connectivity index is 1.89. The maximum atomic E-state index is 13.4. The van der Waals surface area contributed by atoms with Crippen LogP contribution in [0.1, 0.15) is 47.1 Å². The number of nitrogens with one attached hydrogen (secondary N) is 1. The number of carbonyl (C=O) groups excluding carboxylic acids is 2. The summed E-state index contributed by atoms with van der Waals surface area (Å²) >= 11 is 5.87. The molecule has 0 bridgehead atoms. The van der Waals surface area contributed by atoms with Gasteiger partial charge in [-0.1, -0.05) is 56.6 Å². The molecule has 0 unspecified atom stereocenters. The minimum Gasteiger partial charge on any atom is -0.287 e. The van der Waals surface area contributed by atoms with Gasteiger partial charge in [0, 0.05) is 28.3 Å². The summed E-state index contributed by atoms with van der Waals surface area (Å²) in [5.41, 5.74) is 0.911. The molecule has 33 heavy (non-hydrogen) atoms. The molecular weight excluding hydrogens is 460 g/mol. The molecule has 4 rings (SSSR count). The summed E-state index contributed by atoms with van der Waals surface area (Å²) in [4.78, 5) is 26.7. The fourth-order valence-corrected chi connectivity index (χ4v) is 4.78. The van der Waals surface area contributed by atoms with Gasteiger partial charge in [0.25, 0.3) is 21.5 Å². The molecule has 1 N–H and O–H groups in total. The molecule has 2 aromatic carbocycles. The smallest absolute Gasteiger partial charge is 0.287 e. The Bertz CT molecular complexity index is 1400. The van der Waals surface area contributed by atoms with E-state index in [1.54, 1.807) is 30.6 Å². The van der Waals surface area contributed by atoms with Gasteiger partial charge in [0.2, 0.25) is 5.78 Å². The summed E-state index contributed by atoms with van der Waals surface area (Å²) in [6.07, 6.45) is 3.32. The first-order chi connectivity index (χ1) is 15.5. The maximum absolute atomic E-state index is 13.4. The topological polar surface area (TPSA) is 84.2 Å². The number of hydrogen-bond donors (Lipinski definition) is 1. The molecule has 1 heterocycles. The van der Waals surface area contributed by atoms with Crippen LogP contribution >= 0.6 is 11.6 Å². The second-order valence-electron chi connectivity index (χ2n) is 8.73. The zero-order chi connectivity index (χ0) is 24.0. The molecule has 0 radical (unpaired) electrons. The molecule has 3 aromatic rings. The average Bonchev–Trinajstić information content (AvgIpc) is 2.77. The van der Waals surface area contributed by atoms with Crippen molar-refractivity contribution in [2.45, 2.75) is 31.1 Å². The van der Waals surface area contributed by atoms with Crippen molar-refractivity contribution in [3.8, 4) is 0 Å². The van der Waals surface area contributed by atoms with Crippen LogP contribution in [0.25, 0.3) is 5.70 Å². The SMILES string of the molecule is CC(C)(C)c1cc[n+](C2=C(NS(=O)(=O)c3ccc(Cl)cc3)C(=O)c3ccccc3C2=O)cc1. The average molecular weight is 482 g/mol. The van der Waals surface area contributed by atoms with Gasteiger partial charge in [0.15, 0.2) is 18.1 Å². The van der Waals surface area contributed by atoms with Crippen molar-refractivity contribution < 1.29 is 22.6 Å². The molecule has 6 nitrogen and oxygen atoms in total. The number of aromatic nitrogens is 1. The van der Waals surface area contributed by atoms with E-state index in [2.05, 4.69) is 25.5 Å². The number of nitrogens with zero attached hydrogens (tertiary/aromatic N) is 1. The van der Waals surface area contributed by atoms with Crippen molar-refractivity contribution in [1.29, 1.82) is 0 Å². The number of Topliss-reactive ketones (excluding diaryl/α,β-unsaturated/α-hetero) is 2. The van der Waals surface area contributed by atoms with Crippen LogP contribution in [-0.4, -0.2) is 20.0 Å². The molecule has 0 atom stereocenters. The Kier molecular flexibility index (Phi) is 5.72. The summed E-state index contributed by atoms with van der Waals surface area (Å²) in [5, 5.41) is 0.376. The Morgan fingerprint density at radius 3 is 1.91 bits per heavy atom. The van der Waals surface area contributed by atoms with E-state index in [1.165, 1.54) is 34.9 Å². The summed E-state index contributed by atoms with van der Waals surface area (Å²) in [6, 6.07) is 15.6. The largest absolute Gasteiger partial charge is 0.287 e. The molecule has 0 saturated heterocycles. The van der Waals surface area contributed by atoms with Crippen molar-refractivity contribution in [2.24, 2.45) is 0 Å².